The normalized spacial score (nSPS) is 19.8. The van der Waals surface area contributed by atoms with Gasteiger partial charge in [0.05, 0.1) is 11.1 Å². The second-order valence-corrected chi connectivity index (χ2v) is 6.04. The molecule has 1 aliphatic rings. The summed E-state index contributed by atoms with van der Waals surface area (Å²) in [5.41, 5.74) is 1.11. The van der Waals surface area contributed by atoms with Crippen LogP contribution in [0.4, 0.5) is 0 Å². The standard InChI is InChI=1S/C20H21NO4/c22-19(15-7-3-1-4-8-15)24-14-17-11-12-18(13-21-17)25-20(23)16-9-5-2-6-10-16/h1-10,17-18,21H,11-14H2/t17-,18+/m1/s1. The highest BCUT2D eigenvalue weighted by Gasteiger charge is 2.24. The van der Waals surface area contributed by atoms with E-state index in [0.717, 1.165) is 12.8 Å². The van der Waals surface area contributed by atoms with Gasteiger partial charge in [-0.25, -0.2) is 9.59 Å². The SMILES string of the molecule is O=C(OC[C@H]1CC[C@H](OC(=O)c2ccccc2)CN1)c1ccccc1. The van der Waals surface area contributed by atoms with Crippen LogP contribution in [-0.4, -0.2) is 37.2 Å². The first-order valence-corrected chi connectivity index (χ1v) is 8.44. The number of esters is 2. The minimum atomic E-state index is -0.319. The first kappa shape index (κ1) is 17.2. The molecule has 1 heterocycles. The molecule has 25 heavy (non-hydrogen) atoms. The lowest BCUT2D eigenvalue weighted by Gasteiger charge is -2.29. The largest absolute Gasteiger partial charge is 0.460 e. The van der Waals surface area contributed by atoms with E-state index in [4.69, 9.17) is 9.47 Å². The molecule has 0 amide bonds. The van der Waals surface area contributed by atoms with Crippen molar-refractivity contribution in [3.05, 3.63) is 71.8 Å². The Bertz CT molecular complexity index is 694. The van der Waals surface area contributed by atoms with E-state index in [1.165, 1.54) is 0 Å². The van der Waals surface area contributed by atoms with Crippen molar-refractivity contribution in [3.8, 4) is 0 Å². The predicted molar refractivity (Wildman–Crippen MR) is 93.4 cm³/mol. The van der Waals surface area contributed by atoms with Gasteiger partial charge in [-0.3, -0.25) is 0 Å². The molecule has 1 fully saturated rings. The lowest BCUT2D eigenvalue weighted by atomic mass is 10.0. The molecule has 130 valence electrons. The van der Waals surface area contributed by atoms with Crippen LogP contribution < -0.4 is 5.32 Å². The third-order valence-electron chi connectivity index (χ3n) is 4.18. The van der Waals surface area contributed by atoms with Crippen LogP contribution in [0.15, 0.2) is 60.7 Å². The molecule has 0 spiro atoms. The average Bonchev–Trinajstić information content (AvgIpc) is 2.68. The first-order chi connectivity index (χ1) is 12.2. The molecule has 0 unspecified atom stereocenters. The van der Waals surface area contributed by atoms with Gasteiger partial charge in [0.1, 0.15) is 12.7 Å². The van der Waals surface area contributed by atoms with Gasteiger partial charge < -0.3 is 14.8 Å². The molecule has 3 rings (SSSR count). The van der Waals surface area contributed by atoms with E-state index in [0.29, 0.717) is 24.3 Å². The zero-order valence-electron chi connectivity index (χ0n) is 13.9. The van der Waals surface area contributed by atoms with Crippen molar-refractivity contribution in [2.45, 2.75) is 25.0 Å². The third kappa shape index (κ3) is 4.90. The van der Waals surface area contributed by atoms with Crippen LogP contribution in [0.2, 0.25) is 0 Å². The summed E-state index contributed by atoms with van der Waals surface area (Å²) in [7, 11) is 0. The van der Waals surface area contributed by atoms with Crippen LogP contribution in [0, 0.1) is 0 Å². The molecular weight excluding hydrogens is 318 g/mol. The van der Waals surface area contributed by atoms with Gasteiger partial charge >= 0.3 is 11.9 Å². The van der Waals surface area contributed by atoms with Crippen molar-refractivity contribution in [3.63, 3.8) is 0 Å². The summed E-state index contributed by atoms with van der Waals surface area (Å²) in [6, 6.07) is 18.0. The lowest BCUT2D eigenvalue weighted by molar-refractivity contribution is 0.0164. The molecule has 1 saturated heterocycles. The van der Waals surface area contributed by atoms with Gasteiger partial charge in [-0.05, 0) is 37.1 Å². The summed E-state index contributed by atoms with van der Waals surface area (Å²) in [4.78, 5) is 24.0. The van der Waals surface area contributed by atoms with Gasteiger partial charge in [0, 0.05) is 12.6 Å². The fraction of sp³-hybridized carbons (Fsp3) is 0.300. The second-order valence-electron chi connectivity index (χ2n) is 6.04. The highest BCUT2D eigenvalue weighted by Crippen LogP contribution is 2.14. The molecule has 0 saturated carbocycles. The number of hydrogen-bond acceptors (Lipinski definition) is 5. The number of carbonyl (C=O) groups excluding carboxylic acids is 2. The van der Waals surface area contributed by atoms with E-state index in [9.17, 15) is 9.59 Å². The Hall–Kier alpha value is -2.66. The highest BCUT2D eigenvalue weighted by atomic mass is 16.5. The summed E-state index contributed by atoms with van der Waals surface area (Å²) in [5.74, 6) is -0.624. The summed E-state index contributed by atoms with van der Waals surface area (Å²) < 4.78 is 10.9. The number of nitrogens with one attached hydrogen (secondary N) is 1. The molecule has 5 nitrogen and oxygen atoms in total. The van der Waals surface area contributed by atoms with E-state index in [1.54, 1.807) is 36.4 Å². The van der Waals surface area contributed by atoms with Crippen molar-refractivity contribution in [2.75, 3.05) is 13.2 Å². The molecule has 1 aliphatic heterocycles. The molecule has 0 aromatic heterocycles. The van der Waals surface area contributed by atoms with Gasteiger partial charge in [0.25, 0.3) is 0 Å². The minimum absolute atomic E-state index is 0.0827. The summed E-state index contributed by atoms with van der Waals surface area (Å²) in [6.45, 7) is 0.874. The Morgan fingerprint density at radius 2 is 1.48 bits per heavy atom. The molecule has 2 atom stereocenters. The second kappa shape index (κ2) is 8.44. The number of benzene rings is 2. The third-order valence-corrected chi connectivity index (χ3v) is 4.18. The van der Waals surface area contributed by atoms with Crippen LogP contribution in [-0.2, 0) is 9.47 Å². The fourth-order valence-corrected chi connectivity index (χ4v) is 2.76. The summed E-state index contributed by atoms with van der Waals surface area (Å²) in [5, 5.41) is 3.28. The van der Waals surface area contributed by atoms with Crippen molar-refractivity contribution in [1.29, 1.82) is 0 Å². The monoisotopic (exact) mass is 339 g/mol. The van der Waals surface area contributed by atoms with E-state index in [2.05, 4.69) is 5.32 Å². The van der Waals surface area contributed by atoms with E-state index in [-0.39, 0.29) is 24.1 Å². The van der Waals surface area contributed by atoms with E-state index in [1.807, 2.05) is 24.3 Å². The molecule has 0 aliphatic carbocycles. The summed E-state index contributed by atoms with van der Waals surface area (Å²) >= 11 is 0. The molecule has 0 radical (unpaired) electrons. The van der Waals surface area contributed by atoms with Gasteiger partial charge in [-0.1, -0.05) is 36.4 Å². The van der Waals surface area contributed by atoms with Crippen LogP contribution in [0.3, 0.4) is 0 Å². The Morgan fingerprint density at radius 1 is 0.880 bits per heavy atom. The number of hydrogen-bond donors (Lipinski definition) is 1. The van der Waals surface area contributed by atoms with Gasteiger partial charge in [0.15, 0.2) is 0 Å². The van der Waals surface area contributed by atoms with Gasteiger partial charge in [-0.15, -0.1) is 0 Å². The Balaban J connectivity index is 1.40. The Morgan fingerprint density at radius 3 is 2.04 bits per heavy atom. The van der Waals surface area contributed by atoms with Crippen LogP contribution in [0.5, 0.6) is 0 Å². The molecule has 5 heteroatoms. The lowest BCUT2D eigenvalue weighted by Crippen LogP contribution is -2.45. The number of piperidine rings is 1. The van der Waals surface area contributed by atoms with Crippen LogP contribution in [0.25, 0.3) is 0 Å². The van der Waals surface area contributed by atoms with E-state index >= 15 is 0 Å². The van der Waals surface area contributed by atoms with Crippen LogP contribution >= 0.6 is 0 Å². The van der Waals surface area contributed by atoms with Crippen molar-refractivity contribution >= 4 is 11.9 Å². The quantitative estimate of drug-likeness (QED) is 0.849. The molecule has 1 N–H and O–H groups in total. The van der Waals surface area contributed by atoms with Gasteiger partial charge in [0.2, 0.25) is 0 Å². The van der Waals surface area contributed by atoms with Crippen LogP contribution in [0.1, 0.15) is 33.6 Å². The Labute approximate surface area is 147 Å². The highest BCUT2D eigenvalue weighted by molar-refractivity contribution is 5.89. The van der Waals surface area contributed by atoms with Crippen molar-refractivity contribution < 1.29 is 19.1 Å². The predicted octanol–water partition coefficient (Wildman–Crippen LogP) is 2.82. The maximum atomic E-state index is 12.0. The number of ether oxygens (including phenoxy) is 2. The average molecular weight is 339 g/mol. The molecule has 2 aromatic rings. The fourth-order valence-electron chi connectivity index (χ4n) is 2.76. The topological polar surface area (TPSA) is 64.6 Å². The molecular formula is C20H21NO4. The minimum Gasteiger partial charge on any atom is -0.460 e. The van der Waals surface area contributed by atoms with Crippen molar-refractivity contribution in [2.24, 2.45) is 0 Å². The Kier molecular flexibility index (Phi) is 5.80. The zero-order valence-corrected chi connectivity index (χ0v) is 13.9. The number of rotatable bonds is 5. The number of carbonyl (C=O) groups is 2. The van der Waals surface area contributed by atoms with Gasteiger partial charge in [-0.2, -0.15) is 0 Å². The summed E-state index contributed by atoms with van der Waals surface area (Å²) in [6.07, 6.45) is 1.38. The maximum absolute atomic E-state index is 12.0. The molecule has 2 aromatic carbocycles. The zero-order chi connectivity index (χ0) is 17.5. The first-order valence-electron chi connectivity index (χ1n) is 8.44. The smallest absolute Gasteiger partial charge is 0.338 e. The molecule has 0 bridgehead atoms. The van der Waals surface area contributed by atoms with E-state index < -0.39 is 0 Å². The van der Waals surface area contributed by atoms with Crippen molar-refractivity contribution in [1.82, 2.24) is 5.32 Å². The maximum Gasteiger partial charge on any atom is 0.338 e.